The molecule has 0 bridgehead atoms. The Balaban J connectivity index is 2.33. The third-order valence-corrected chi connectivity index (χ3v) is 4.95. The normalized spacial score (nSPS) is 15.2. The Morgan fingerprint density at radius 1 is 1.47 bits per heavy atom. The Morgan fingerprint density at radius 2 is 2.20 bits per heavy atom. The van der Waals surface area contributed by atoms with E-state index in [-0.39, 0.29) is 0 Å². The van der Waals surface area contributed by atoms with Crippen molar-refractivity contribution in [3.05, 3.63) is 20.8 Å². The number of halogens is 1. The van der Waals surface area contributed by atoms with Crippen molar-refractivity contribution in [2.75, 3.05) is 18.6 Å². The summed E-state index contributed by atoms with van der Waals surface area (Å²) >= 11 is 7.22. The summed E-state index contributed by atoms with van der Waals surface area (Å²) in [5, 5.41) is 3.57. The fraction of sp³-hybridized carbons (Fsp3) is 0.636. The molecular weight excluding hydrogens is 290 g/mol. The van der Waals surface area contributed by atoms with Crippen LogP contribution in [0.4, 0.5) is 0 Å². The lowest BCUT2D eigenvalue weighted by atomic mass is 10.2. The molecule has 4 heteroatoms. The first-order valence-electron chi connectivity index (χ1n) is 5.11. The van der Waals surface area contributed by atoms with Gasteiger partial charge in [-0.25, -0.2) is 0 Å². The van der Waals surface area contributed by atoms with Gasteiger partial charge in [-0.05, 0) is 59.5 Å². The lowest BCUT2D eigenvalue weighted by Crippen LogP contribution is -2.24. The van der Waals surface area contributed by atoms with Gasteiger partial charge in [-0.1, -0.05) is 6.92 Å². The summed E-state index contributed by atoms with van der Waals surface area (Å²) in [6.07, 6.45) is 2.16. The third kappa shape index (κ3) is 4.89. The zero-order valence-corrected chi connectivity index (χ0v) is 12.6. The van der Waals surface area contributed by atoms with E-state index in [2.05, 4.69) is 53.5 Å². The van der Waals surface area contributed by atoms with Crippen LogP contribution in [0.15, 0.2) is 15.9 Å². The standard InChI is InChI=1S/C11H18BrNS2/c1-8(7-14-3)6-13-9(2)10-4-5-11(12)15-10/h4-5,8-9,13H,6-7H2,1-3H3. The number of thioether (sulfide) groups is 1. The Bertz CT molecular complexity index is 288. The molecule has 1 rings (SSSR count). The van der Waals surface area contributed by atoms with Crippen LogP contribution in [0.2, 0.25) is 0 Å². The molecule has 1 aromatic rings. The lowest BCUT2D eigenvalue weighted by Gasteiger charge is -2.15. The molecule has 1 aromatic heterocycles. The highest BCUT2D eigenvalue weighted by molar-refractivity contribution is 9.11. The van der Waals surface area contributed by atoms with Crippen LogP contribution in [-0.4, -0.2) is 18.6 Å². The summed E-state index contributed by atoms with van der Waals surface area (Å²) in [6, 6.07) is 4.76. The van der Waals surface area contributed by atoms with Crippen molar-refractivity contribution in [1.82, 2.24) is 5.32 Å². The SMILES string of the molecule is CSCC(C)CNC(C)c1ccc(Br)s1. The summed E-state index contributed by atoms with van der Waals surface area (Å²) in [4.78, 5) is 1.40. The molecule has 0 saturated carbocycles. The van der Waals surface area contributed by atoms with Crippen molar-refractivity contribution < 1.29 is 0 Å². The van der Waals surface area contributed by atoms with E-state index in [0.717, 1.165) is 12.5 Å². The second-order valence-electron chi connectivity index (χ2n) is 3.83. The zero-order chi connectivity index (χ0) is 11.3. The number of rotatable bonds is 6. The van der Waals surface area contributed by atoms with Crippen LogP contribution in [0.3, 0.4) is 0 Å². The van der Waals surface area contributed by atoms with E-state index >= 15 is 0 Å². The van der Waals surface area contributed by atoms with Crippen molar-refractivity contribution in [1.29, 1.82) is 0 Å². The van der Waals surface area contributed by atoms with Crippen molar-refractivity contribution in [2.45, 2.75) is 19.9 Å². The second kappa shape index (κ2) is 6.94. The van der Waals surface area contributed by atoms with Gasteiger partial charge >= 0.3 is 0 Å². The first kappa shape index (κ1) is 13.6. The van der Waals surface area contributed by atoms with Gasteiger partial charge in [-0.3, -0.25) is 0 Å². The first-order valence-corrected chi connectivity index (χ1v) is 8.11. The minimum atomic E-state index is 0.464. The molecule has 1 nitrogen and oxygen atoms in total. The van der Waals surface area contributed by atoms with E-state index in [9.17, 15) is 0 Å². The molecule has 0 amide bonds. The summed E-state index contributed by atoms with van der Waals surface area (Å²) in [5.74, 6) is 1.97. The van der Waals surface area contributed by atoms with Gasteiger partial charge in [0, 0.05) is 10.9 Å². The van der Waals surface area contributed by atoms with Crippen LogP contribution in [0, 0.1) is 5.92 Å². The van der Waals surface area contributed by atoms with Crippen LogP contribution in [0.5, 0.6) is 0 Å². The minimum absolute atomic E-state index is 0.464. The quantitative estimate of drug-likeness (QED) is 0.847. The zero-order valence-electron chi connectivity index (χ0n) is 9.42. The summed E-state index contributed by atoms with van der Waals surface area (Å²) in [7, 11) is 0. The molecule has 0 radical (unpaired) electrons. The van der Waals surface area contributed by atoms with Gasteiger partial charge in [-0.2, -0.15) is 11.8 Å². The molecule has 2 atom stereocenters. The third-order valence-electron chi connectivity index (χ3n) is 2.24. The van der Waals surface area contributed by atoms with Gasteiger partial charge in [0.1, 0.15) is 0 Å². The highest BCUT2D eigenvalue weighted by Crippen LogP contribution is 2.27. The predicted octanol–water partition coefficient (Wildman–Crippen LogP) is 4.16. The van der Waals surface area contributed by atoms with E-state index < -0.39 is 0 Å². The molecular formula is C11H18BrNS2. The fourth-order valence-corrected chi connectivity index (χ4v) is 3.52. The molecule has 0 fully saturated rings. The Morgan fingerprint density at radius 3 is 2.73 bits per heavy atom. The van der Waals surface area contributed by atoms with Gasteiger partial charge in [0.15, 0.2) is 0 Å². The van der Waals surface area contributed by atoms with Gasteiger partial charge in [0.2, 0.25) is 0 Å². The Labute approximate surface area is 109 Å². The molecule has 1 heterocycles. The Kier molecular flexibility index (Phi) is 6.27. The lowest BCUT2D eigenvalue weighted by molar-refractivity contribution is 0.505. The number of hydrogen-bond donors (Lipinski definition) is 1. The van der Waals surface area contributed by atoms with Gasteiger partial charge in [0.25, 0.3) is 0 Å². The van der Waals surface area contributed by atoms with Crippen LogP contribution in [0.25, 0.3) is 0 Å². The van der Waals surface area contributed by atoms with Crippen LogP contribution < -0.4 is 5.32 Å². The molecule has 86 valence electrons. The number of hydrogen-bond acceptors (Lipinski definition) is 3. The molecule has 0 aliphatic carbocycles. The topological polar surface area (TPSA) is 12.0 Å². The average molecular weight is 308 g/mol. The van der Waals surface area contributed by atoms with E-state index in [0.29, 0.717) is 6.04 Å². The van der Waals surface area contributed by atoms with E-state index in [1.54, 1.807) is 0 Å². The second-order valence-corrected chi connectivity index (χ2v) is 7.24. The van der Waals surface area contributed by atoms with Crippen LogP contribution >= 0.6 is 39.0 Å². The minimum Gasteiger partial charge on any atom is -0.309 e. The first-order chi connectivity index (χ1) is 7.13. The monoisotopic (exact) mass is 307 g/mol. The highest BCUT2D eigenvalue weighted by Gasteiger charge is 2.09. The van der Waals surface area contributed by atoms with Crippen molar-refractivity contribution in [2.24, 2.45) is 5.92 Å². The summed E-state index contributed by atoms with van der Waals surface area (Å²) in [6.45, 7) is 5.61. The van der Waals surface area contributed by atoms with Gasteiger partial charge in [-0.15, -0.1) is 11.3 Å². The summed E-state index contributed by atoms with van der Waals surface area (Å²) < 4.78 is 1.21. The smallest absolute Gasteiger partial charge is 0.0701 e. The molecule has 0 aliphatic heterocycles. The summed E-state index contributed by atoms with van der Waals surface area (Å²) in [5.41, 5.74) is 0. The van der Waals surface area contributed by atoms with E-state index in [1.165, 1.54) is 14.4 Å². The van der Waals surface area contributed by atoms with Crippen molar-refractivity contribution in [3.8, 4) is 0 Å². The Hall–Kier alpha value is 0.490. The molecule has 0 spiro atoms. The average Bonchev–Trinajstić information content (AvgIpc) is 2.62. The van der Waals surface area contributed by atoms with Crippen LogP contribution in [-0.2, 0) is 0 Å². The molecule has 0 saturated heterocycles. The fourth-order valence-electron chi connectivity index (χ4n) is 1.38. The van der Waals surface area contributed by atoms with Gasteiger partial charge in [0.05, 0.1) is 3.79 Å². The molecule has 1 N–H and O–H groups in total. The maximum atomic E-state index is 3.57. The molecule has 0 aliphatic rings. The molecule has 15 heavy (non-hydrogen) atoms. The van der Waals surface area contributed by atoms with E-state index in [4.69, 9.17) is 0 Å². The maximum absolute atomic E-state index is 3.57. The predicted molar refractivity (Wildman–Crippen MR) is 76.0 cm³/mol. The largest absolute Gasteiger partial charge is 0.309 e. The van der Waals surface area contributed by atoms with Crippen LogP contribution in [0.1, 0.15) is 24.8 Å². The van der Waals surface area contributed by atoms with Crippen molar-refractivity contribution in [3.63, 3.8) is 0 Å². The molecule has 0 aromatic carbocycles. The highest BCUT2D eigenvalue weighted by atomic mass is 79.9. The van der Waals surface area contributed by atoms with Gasteiger partial charge < -0.3 is 5.32 Å². The van der Waals surface area contributed by atoms with E-state index in [1.807, 2.05) is 23.1 Å². The maximum Gasteiger partial charge on any atom is 0.0701 e. The molecule has 2 unspecified atom stereocenters. The number of thiophene rings is 1. The van der Waals surface area contributed by atoms with Crippen molar-refractivity contribution >= 4 is 39.0 Å². The number of nitrogens with one attached hydrogen (secondary N) is 1.